The minimum atomic E-state index is 0.332. The molecular formula is C70H56N8. The Bertz CT molecular complexity index is 4040. The van der Waals surface area contributed by atoms with Gasteiger partial charge < -0.3 is 4.90 Å². The van der Waals surface area contributed by atoms with Gasteiger partial charge >= 0.3 is 0 Å². The van der Waals surface area contributed by atoms with E-state index in [2.05, 4.69) is 198 Å². The van der Waals surface area contributed by atoms with Gasteiger partial charge in [0, 0.05) is 27.9 Å². The summed E-state index contributed by atoms with van der Waals surface area (Å²) in [6.45, 7) is 13.1. The van der Waals surface area contributed by atoms with E-state index < -0.39 is 0 Å². The molecule has 0 radical (unpaired) electrons. The molecule has 78 heavy (non-hydrogen) atoms. The van der Waals surface area contributed by atoms with E-state index >= 15 is 0 Å². The monoisotopic (exact) mass is 1010 g/mol. The number of hydrogen-bond donors (Lipinski definition) is 0. The van der Waals surface area contributed by atoms with Crippen molar-refractivity contribution >= 4 is 45.4 Å². The lowest BCUT2D eigenvalue weighted by atomic mass is 9.95. The molecule has 2 aromatic heterocycles. The van der Waals surface area contributed by atoms with Crippen molar-refractivity contribution in [1.29, 1.82) is 0 Å². The van der Waals surface area contributed by atoms with Crippen LogP contribution in [0.4, 0.5) is 34.6 Å². The number of nitrogens with zero attached hydrogens (tertiary/aromatic N) is 8. The zero-order chi connectivity index (χ0) is 53.3. The summed E-state index contributed by atoms with van der Waals surface area (Å²) < 4.78 is 0. The van der Waals surface area contributed by atoms with Crippen LogP contribution in [0.25, 0.3) is 78.6 Å². The van der Waals surface area contributed by atoms with Crippen LogP contribution in [0, 0.1) is 41.5 Å². The summed E-state index contributed by atoms with van der Waals surface area (Å²) in [6, 6.07) is 79.8. The normalized spacial score (nSPS) is 11.2. The van der Waals surface area contributed by atoms with E-state index in [0.29, 0.717) is 35.2 Å². The van der Waals surface area contributed by atoms with Crippen LogP contribution in [0.2, 0.25) is 0 Å². The summed E-state index contributed by atoms with van der Waals surface area (Å²) in [7, 11) is 0. The van der Waals surface area contributed by atoms with E-state index in [1.165, 1.54) is 33.4 Å². The van der Waals surface area contributed by atoms with Gasteiger partial charge in [-0.15, -0.1) is 0 Å². The van der Waals surface area contributed by atoms with Gasteiger partial charge in [-0.05, 0) is 133 Å². The van der Waals surface area contributed by atoms with E-state index in [1.54, 1.807) is 0 Å². The first-order chi connectivity index (χ1) is 38.1. The van der Waals surface area contributed by atoms with Gasteiger partial charge in [0.2, 0.25) is 11.9 Å². The first-order valence-electron chi connectivity index (χ1n) is 26.4. The highest BCUT2D eigenvalue weighted by atomic mass is 15.4. The summed E-state index contributed by atoms with van der Waals surface area (Å²) >= 11 is 0. The molecule has 12 aromatic rings. The third-order valence-corrected chi connectivity index (χ3v) is 14.3. The molecule has 2 heterocycles. The van der Waals surface area contributed by atoms with Crippen LogP contribution in [0.1, 0.15) is 33.4 Å². The molecule has 0 aliphatic heterocycles. The SMILES string of the molecule is Cc1cc(C)c(N(c2ccc(N(c3nc(-c4ccccc4)nc(-c4ccccc4-c4ccccc4)n3)c3nc(-c4ccccc4)nc(-c4cc5ccccc5cc4-c4ccccc4)n3)cc2)c2c(C)cc(C)cc2C)c(C)c1. The molecule has 0 aliphatic carbocycles. The van der Waals surface area contributed by atoms with Gasteiger partial charge in [-0.2, -0.15) is 19.9 Å². The van der Waals surface area contributed by atoms with Gasteiger partial charge in [0.1, 0.15) is 0 Å². The van der Waals surface area contributed by atoms with E-state index in [4.69, 9.17) is 29.9 Å². The standard InChI is InChI=1S/C70H56N8/c1-45-39-47(3)63(48(4)40-45)77(64-49(5)41-46(2)42-50(64)6)57-35-37-58(38-36-57)78(69-73-65(53-27-15-9-16-28-53)71-67(75-69)60-34-22-21-33-59(60)51-23-11-7-12-24-51)70-74-66(54-29-17-10-18-30-54)72-68(76-70)62-44-56-32-20-19-31-55(56)43-61(62)52-25-13-8-14-26-52/h7-44H,1-6H3. The highest BCUT2D eigenvalue weighted by molar-refractivity contribution is 5.96. The molecule has 0 aliphatic rings. The average molecular weight is 1010 g/mol. The smallest absolute Gasteiger partial charge is 0.241 e. The third-order valence-electron chi connectivity index (χ3n) is 14.3. The van der Waals surface area contributed by atoms with E-state index in [1.807, 2.05) is 83.8 Å². The fraction of sp³-hybridized carbons (Fsp3) is 0.0857. The van der Waals surface area contributed by atoms with Gasteiger partial charge in [-0.3, -0.25) is 0 Å². The summed E-state index contributed by atoms with van der Waals surface area (Å²) in [5, 5.41) is 2.18. The van der Waals surface area contributed by atoms with Crippen LogP contribution in [0.5, 0.6) is 0 Å². The molecule has 12 rings (SSSR count). The molecule has 0 N–H and O–H groups in total. The van der Waals surface area contributed by atoms with Crippen molar-refractivity contribution in [2.24, 2.45) is 0 Å². The van der Waals surface area contributed by atoms with Crippen LogP contribution in [0.3, 0.4) is 0 Å². The second-order valence-corrected chi connectivity index (χ2v) is 20.0. The summed E-state index contributed by atoms with van der Waals surface area (Å²) in [4.78, 5) is 36.9. The van der Waals surface area contributed by atoms with Crippen molar-refractivity contribution in [3.8, 4) is 67.8 Å². The highest BCUT2D eigenvalue weighted by Gasteiger charge is 2.27. The molecule has 10 aromatic carbocycles. The Labute approximate surface area is 456 Å². The van der Waals surface area contributed by atoms with E-state index in [-0.39, 0.29) is 0 Å². The largest absolute Gasteiger partial charge is 0.309 e. The molecule has 8 nitrogen and oxygen atoms in total. The highest BCUT2D eigenvalue weighted by Crippen LogP contribution is 2.45. The zero-order valence-corrected chi connectivity index (χ0v) is 44.5. The first kappa shape index (κ1) is 49.0. The second kappa shape index (κ2) is 21.0. The van der Waals surface area contributed by atoms with Gasteiger partial charge in [0.15, 0.2) is 23.3 Å². The van der Waals surface area contributed by atoms with Crippen LogP contribution in [-0.2, 0) is 0 Å². The minimum Gasteiger partial charge on any atom is -0.309 e. The molecule has 376 valence electrons. The first-order valence-corrected chi connectivity index (χ1v) is 26.4. The molecule has 0 saturated heterocycles. The number of fused-ring (bicyclic) bond motifs is 1. The average Bonchev–Trinajstić information content (AvgIpc) is 3.62. The molecule has 0 spiro atoms. The molecule has 0 amide bonds. The lowest BCUT2D eigenvalue weighted by Gasteiger charge is -2.32. The maximum Gasteiger partial charge on any atom is 0.241 e. The molecule has 0 fully saturated rings. The lowest BCUT2D eigenvalue weighted by molar-refractivity contribution is 0.964. The van der Waals surface area contributed by atoms with Crippen molar-refractivity contribution in [3.63, 3.8) is 0 Å². The van der Waals surface area contributed by atoms with Crippen LogP contribution in [0.15, 0.2) is 231 Å². The fourth-order valence-corrected chi connectivity index (χ4v) is 10.9. The van der Waals surface area contributed by atoms with Crippen LogP contribution < -0.4 is 9.80 Å². The molecule has 0 atom stereocenters. The van der Waals surface area contributed by atoms with E-state index in [9.17, 15) is 0 Å². The Balaban J connectivity index is 1.14. The number of hydrogen-bond acceptors (Lipinski definition) is 8. The number of benzene rings is 10. The topological polar surface area (TPSA) is 83.8 Å². The Morgan fingerprint density at radius 1 is 0.256 bits per heavy atom. The van der Waals surface area contributed by atoms with Crippen molar-refractivity contribution in [1.82, 2.24) is 29.9 Å². The van der Waals surface area contributed by atoms with Crippen molar-refractivity contribution in [2.45, 2.75) is 41.5 Å². The van der Waals surface area contributed by atoms with E-state index in [0.717, 1.165) is 78.0 Å². The third kappa shape index (κ3) is 9.68. The Morgan fingerprint density at radius 2 is 0.590 bits per heavy atom. The molecular weight excluding hydrogens is 953 g/mol. The number of rotatable bonds is 12. The van der Waals surface area contributed by atoms with Crippen molar-refractivity contribution in [3.05, 3.63) is 264 Å². The number of anilines is 6. The van der Waals surface area contributed by atoms with Crippen LogP contribution >= 0.6 is 0 Å². The number of aryl methyl sites for hydroxylation is 6. The molecule has 0 saturated carbocycles. The molecule has 0 unspecified atom stereocenters. The Morgan fingerprint density at radius 3 is 1.04 bits per heavy atom. The fourth-order valence-electron chi connectivity index (χ4n) is 10.9. The quantitative estimate of drug-likeness (QED) is 0.120. The van der Waals surface area contributed by atoms with Crippen molar-refractivity contribution < 1.29 is 0 Å². The van der Waals surface area contributed by atoms with Gasteiger partial charge in [-0.25, -0.2) is 14.9 Å². The predicted octanol–water partition coefficient (Wildman–Crippen LogP) is 18.0. The Hall–Kier alpha value is -9.92. The molecule has 0 bridgehead atoms. The molecule has 8 heteroatoms. The zero-order valence-electron chi connectivity index (χ0n) is 44.5. The second-order valence-electron chi connectivity index (χ2n) is 20.0. The minimum absolute atomic E-state index is 0.332. The lowest BCUT2D eigenvalue weighted by Crippen LogP contribution is -2.19. The summed E-state index contributed by atoms with van der Waals surface area (Å²) in [5.74, 6) is 2.66. The summed E-state index contributed by atoms with van der Waals surface area (Å²) in [5.41, 5.74) is 18.7. The maximum atomic E-state index is 5.55. The maximum absolute atomic E-state index is 5.55. The van der Waals surface area contributed by atoms with Crippen LogP contribution in [-0.4, -0.2) is 29.9 Å². The van der Waals surface area contributed by atoms with Gasteiger partial charge in [-0.1, -0.05) is 205 Å². The van der Waals surface area contributed by atoms with Gasteiger partial charge in [0.25, 0.3) is 0 Å². The summed E-state index contributed by atoms with van der Waals surface area (Å²) in [6.07, 6.45) is 0. The van der Waals surface area contributed by atoms with Crippen molar-refractivity contribution in [2.75, 3.05) is 9.80 Å². The Kier molecular flexibility index (Phi) is 13.2. The number of aromatic nitrogens is 6. The van der Waals surface area contributed by atoms with Gasteiger partial charge in [0.05, 0.1) is 17.1 Å². The predicted molar refractivity (Wildman–Crippen MR) is 321 cm³/mol.